The molecule has 0 radical (unpaired) electrons. The van der Waals surface area contributed by atoms with E-state index >= 15 is 0 Å². The molecule has 0 bridgehead atoms. The Bertz CT molecular complexity index is 425. The zero-order chi connectivity index (χ0) is 12.6. The lowest BCUT2D eigenvalue weighted by atomic mass is 10.1. The van der Waals surface area contributed by atoms with Crippen LogP contribution in [-0.2, 0) is 4.79 Å². The summed E-state index contributed by atoms with van der Waals surface area (Å²) in [6, 6.07) is 4.22. The fourth-order valence-electron chi connectivity index (χ4n) is 1.92. The van der Waals surface area contributed by atoms with Gasteiger partial charge in [-0.15, -0.1) is 11.3 Å². The quantitative estimate of drug-likeness (QED) is 0.863. The Morgan fingerprint density at radius 1 is 1.59 bits per heavy atom. The van der Waals surface area contributed by atoms with Crippen molar-refractivity contribution >= 4 is 17.2 Å². The molecule has 2 unspecified atom stereocenters. The molecule has 1 aliphatic rings. The molecule has 2 rings (SSSR count). The summed E-state index contributed by atoms with van der Waals surface area (Å²) in [7, 11) is 0. The van der Waals surface area contributed by atoms with E-state index in [0.717, 1.165) is 6.42 Å². The molecular formula is C13H19NO2S. The highest BCUT2D eigenvalue weighted by Gasteiger charge is 2.45. The maximum Gasteiger partial charge on any atom is 0.224 e. The number of nitrogens with one attached hydrogen (secondary N) is 1. The first kappa shape index (κ1) is 12.6. The van der Waals surface area contributed by atoms with E-state index in [0.29, 0.717) is 5.92 Å². The van der Waals surface area contributed by atoms with Crippen molar-refractivity contribution in [1.82, 2.24) is 5.32 Å². The van der Waals surface area contributed by atoms with Crippen molar-refractivity contribution in [1.29, 1.82) is 0 Å². The van der Waals surface area contributed by atoms with E-state index < -0.39 is 5.54 Å². The number of aryl methyl sites for hydroxylation is 1. The fourth-order valence-corrected chi connectivity index (χ4v) is 2.97. The summed E-state index contributed by atoms with van der Waals surface area (Å²) >= 11 is 1.77. The highest BCUT2D eigenvalue weighted by Crippen LogP contribution is 2.49. The number of hydrogen-bond donors (Lipinski definition) is 2. The number of thiophene rings is 1. The molecule has 4 heteroatoms. The summed E-state index contributed by atoms with van der Waals surface area (Å²) in [5, 5.41) is 12.0. The minimum absolute atomic E-state index is 0.0335. The lowest BCUT2D eigenvalue weighted by Gasteiger charge is -2.23. The highest BCUT2D eigenvalue weighted by atomic mass is 32.1. The van der Waals surface area contributed by atoms with Gasteiger partial charge in [0.2, 0.25) is 5.91 Å². The van der Waals surface area contributed by atoms with Crippen LogP contribution in [0, 0.1) is 12.8 Å². The predicted molar refractivity (Wildman–Crippen MR) is 69.2 cm³/mol. The van der Waals surface area contributed by atoms with Gasteiger partial charge in [-0.05, 0) is 39.3 Å². The van der Waals surface area contributed by atoms with Gasteiger partial charge in [-0.3, -0.25) is 4.79 Å². The van der Waals surface area contributed by atoms with Gasteiger partial charge in [0.05, 0.1) is 12.1 Å². The van der Waals surface area contributed by atoms with Crippen molar-refractivity contribution in [3.63, 3.8) is 0 Å². The van der Waals surface area contributed by atoms with Gasteiger partial charge < -0.3 is 10.4 Å². The van der Waals surface area contributed by atoms with Crippen molar-refractivity contribution in [3.05, 3.63) is 21.9 Å². The summed E-state index contributed by atoms with van der Waals surface area (Å²) in [5.41, 5.74) is -0.518. The molecule has 1 amide bonds. The Morgan fingerprint density at radius 2 is 2.29 bits per heavy atom. The van der Waals surface area contributed by atoms with Crippen LogP contribution in [0.5, 0.6) is 0 Å². The standard InChI is InChI=1S/C13H19NO2S/c1-8-4-5-11(17-8)9-6-10(9)12(16)14-13(2,3)7-15/h4-5,9-10,15H,6-7H2,1-3H3,(H,14,16). The summed E-state index contributed by atoms with van der Waals surface area (Å²) in [6.45, 7) is 5.71. The van der Waals surface area contributed by atoms with Crippen LogP contribution in [0.4, 0.5) is 0 Å². The summed E-state index contributed by atoms with van der Waals surface area (Å²) in [4.78, 5) is 14.6. The number of carbonyl (C=O) groups is 1. The van der Waals surface area contributed by atoms with E-state index in [9.17, 15) is 4.79 Å². The number of aliphatic hydroxyl groups excluding tert-OH is 1. The first-order valence-electron chi connectivity index (χ1n) is 5.92. The van der Waals surface area contributed by atoms with Crippen LogP contribution in [0.15, 0.2) is 12.1 Å². The minimum Gasteiger partial charge on any atom is -0.394 e. The Morgan fingerprint density at radius 3 is 2.82 bits per heavy atom. The zero-order valence-corrected chi connectivity index (χ0v) is 11.3. The number of rotatable bonds is 4. The van der Waals surface area contributed by atoms with Crippen LogP contribution >= 0.6 is 11.3 Å². The lowest BCUT2D eigenvalue weighted by Crippen LogP contribution is -2.47. The molecule has 17 heavy (non-hydrogen) atoms. The van der Waals surface area contributed by atoms with Crippen molar-refractivity contribution in [2.24, 2.45) is 5.92 Å². The van der Waals surface area contributed by atoms with Crippen LogP contribution in [0.3, 0.4) is 0 Å². The first-order valence-corrected chi connectivity index (χ1v) is 6.74. The van der Waals surface area contributed by atoms with E-state index in [2.05, 4.69) is 24.4 Å². The van der Waals surface area contributed by atoms with Crippen molar-refractivity contribution < 1.29 is 9.90 Å². The number of amides is 1. The topological polar surface area (TPSA) is 49.3 Å². The van der Waals surface area contributed by atoms with E-state index in [-0.39, 0.29) is 18.4 Å². The average molecular weight is 253 g/mol. The Labute approximate surface area is 106 Å². The Hall–Kier alpha value is -0.870. The molecule has 1 aromatic rings. The summed E-state index contributed by atoms with van der Waals surface area (Å²) in [6.07, 6.45) is 0.938. The number of carbonyl (C=O) groups excluding carboxylic acids is 1. The van der Waals surface area contributed by atoms with E-state index in [1.54, 1.807) is 11.3 Å². The maximum atomic E-state index is 12.0. The maximum absolute atomic E-state index is 12.0. The zero-order valence-electron chi connectivity index (χ0n) is 10.5. The largest absolute Gasteiger partial charge is 0.394 e. The third kappa shape index (κ3) is 2.87. The third-order valence-corrected chi connectivity index (χ3v) is 4.24. The second-order valence-electron chi connectivity index (χ2n) is 5.43. The molecule has 0 aliphatic heterocycles. The Balaban J connectivity index is 1.93. The fraction of sp³-hybridized carbons (Fsp3) is 0.615. The first-order chi connectivity index (χ1) is 7.93. The molecule has 1 heterocycles. The average Bonchev–Trinajstić information content (AvgIpc) is 2.95. The SMILES string of the molecule is Cc1ccc(C2CC2C(=O)NC(C)(C)CO)s1. The van der Waals surface area contributed by atoms with Gasteiger partial charge >= 0.3 is 0 Å². The molecule has 1 fully saturated rings. The van der Waals surface area contributed by atoms with E-state index in [4.69, 9.17) is 5.11 Å². The molecule has 0 aromatic carbocycles. The Kier molecular flexibility index (Phi) is 3.27. The molecule has 3 nitrogen and oxygen atoms in total. The van der Waals surface area contributed by atoms with Crippen LogP contribution in [0.25, 0.3) is 0 Å². The third-order valence-electron chi connectivity index (χ3n) is 3.11. The molecule has 94 valence electrons. The molecule has 0 spiro atoms. The van der Waals surface area contributed by atoms with E-state index in [1.165, 1.54) is 9.75 Å². The molecule has 0 saturated heterocycles. The van der Waals surface area contributed by atoms with Crippen molar-refractivity contribution in [3.8, 4) is 0 Å². The van der Waals surface area contributed by atoms with Crippen molar-refractivity contribution in [2.45, 2.75) is 38.6 Å². The molecule has 1 aliphatic carbocycles. The van der Waals surface area contributed by atoms with Crippen LogP contribution in [0.2, 0.25) is 0 Å². The number of aliphatic hydroxyl groups is 1. The van der Waals surface area contributed by atoms with Gasteiger partial charge in [-0.1, -0.05) is 0 Å². The monoisotopic (exact) mass is 253 g/mol. The second kappa shape index (κ2) is 4.42. The molecule has 2 N–H and O–H groups in total. The second-order valence-corrected chi connectivity index (χ2v) is 6.75. The van der Waals surface area contributed by atoms with Gasteiger partial charge in [0.15, 0.2) is 0 Å². The van der Waals surface area contributed by atoms with Crippen LogP contribution in [0.1, 0.15) is 35.9 Å². The molecule has 1 aromatic heterocycles. The lowest BCUT2D eigenvalue weighted by molar-refractivity contribution is -0.124. The smallest absolute Gasteiger partial charge is 0.224 e. The van der Waals surface area contributed by atoms with E-state index in [1.807, 2.05) is 13.8 Å². The van der Waals surface area contributed by atoms with Crippen molar-refractivity contribution in [2.75, 3.05) is 6.61 Å². The molecule has 2 atom stereocenters. The van der Waals surface area contributed by atoms with Gasteiger partial charge in [0, 0.05) is 21.6 Å². The van der Waals surface area contributed by atoms with Gasteiger partial charge in [0.25, 0.3) is 0 Å². The van der Waals surface area contributed by atoms with Crippen LogP contribution in [-0.4, -0.2) is 23.2 Å². The van der Waals surface area contributed by atoms with Gasteiger partial charge in [0.1, 0.15) is 0 Å². The molecule has 1 saturated carbocycles. The summed E-state index contributed by atoms with van der Waals surface area (Å²) in [5.74, 6) is 0.558. The summed E-state index contributed by atoms with van der Waals surface area (Å²) < 4.78 is 0. The highest BCUT2D eigenvalue weighted by molar-refractivity contribution is 7.12. The van der Waals surface area contributed by atoms with Gasteiger partial charge in [-0.25, -0.2) is 0 Å². The minimum atomic E-state index is -0.518. The normalized spacial score (nSPS) is 23.5. The predicted octanol–water partition coefficient (Wildman–Crippen LogP) is 2.05. The molecular weight excluding hydrogens is 234 g/mol. The van der Waals surface area contributed by atoms with Gasteiger partial charge in [-0.2, -0.15) is 0 Å². The number of hydrogen-bond acceptors (Lipinski definition) is 3. The van der Waals surface area contributed by atoms with Crippen LogP contribution < -0.4 is 5.32 Å².